The molecule has 0 aromatic heterocycles. The summed E-state index contributed by atoms with van der Waals surface area (Å²) in [5.74, 6) is -2.64. The van der Waals surface area contributed by atoms with Gasteiger partial charge in [0.1, 0.15) is 5.82 Å². The fourth-order valence-electron chi connectivity index (χ4n) is 2.89. The number of carboxylic acid groups (broad SMARTS) is 1. The zero-order valence-corrected chi connectivity index (χ0v) is 15.0. The van der Waals surface area contributed by atoms with Crippen molar-refractivity contribution in [2.24, 2.45) is 11.0 Å². The zero-order valence-electron chi connectivity index (χ0n) is 15.0. The lowest BCUT2D eigenvalue weighted by atomic mass is 9.93. The van der Waals surface area contributed by atoms with E-state index in [1.165, 1.54) is 35.4 Å². The van der Waals surface area contributed by atoms with Crippen LogP contribution in [0.25, 0.3) is 6.08 Å². The first-order chi connectivity index (χ1) is 13.4. The molecule has 0 saturated heterocycles. The lowest BCUT2D eigenvalue weighted by Gasteiger charge is -2.14. The number of rotatable bonds is 5. The number of benzene rings is 2. The third kappa shape index (κ3) is 3.96. The van der Waals surface area contributed by atoms with Gasteiger partial charge in [0.05, 0.1) is 23.2 Å². The molecule has 2 aromatic carbocycles. The zero-order chi connectivity index (χ0) is 20.3. The molecule has 3 rings (SSSR count). The van der Waals surface area contributed by atoms with E-state index in [1.54, 1.807) is 31.2 Å². The van der Waals surface area contributed by atoms with Crippen LogP contribution in [0.3, 0.4) is 0 Å². The van der Waals surface area contributed by atoms with Crippen LogP contribution in [0, 0.1) is 23.1 Å². The van der Waals surface area contributed by atoms with E-state index in [1.807, 2.05) is 6.07 Å². The Morgan fingerprint density at radius 3 is 2.46 bits per heavy atom. The number of halogens is 1. The molecule has 0 saturated carbocycles. The fraction of sp³-hybridized carbons (Fsp3) is 0.143. The summed E-state index contributed by atoms with van der Waals surface area (Å²) in [6.45, 7) is 1.66. The highest BCUT2D eigenvalue weighted by molar-refractivity contribution is 6.15. The predicted molar refractivity (Wildman–Crippen MR) is 102 cm³/mol. The smallest absolute Gasteiger partial charge is 0.331 e. The van der Waals surface area contributed by atoms with Crippen molar-refractivity contribution in [2.75, 3.05) is 5.01 Å². The summed E-state index contributed by atoms with van der Waals surface area (Å²) >= 11 is 0. The maximum Gasteiger partial charge on any atom is 0.331 e. The number of nitrogens with zero attached hydrogens (tertiary/aromatic N) is 3. The summed E-state index contributed by atoms with van der Waals surface area (Å²) in [4.78, 5) is 24.4. The minimum atomic E-state index is -1.13. The van der Waals surface area contributed by atoms with Crippen molar-refractivity contribution in [3.63, 3.8) is 0 Å². The Morgan fingerprint density at radius 2 is 1.89 bits per heavy atom. The van der Waals surface area contributed by atoms with E-state index >= 15 is 0 Å². The molecule has 0 fully saturated rings. The minimum absolute atomic E-state index is 0.0266. The van der Waals surface area contributed by atoms with Crippen molar-refractivity contribution in [2.45, 2.75) is 13.3 Å². The molecule has 140 valence electrons. The average molecular weight is 377 g/mol. The van der Waals surface area contributed by atoms with Crippen LogP contribution in [0.2, 0.25) is 0 Å². The number of hydrogen-bond donors (Lipinski definition) is 1. The first-order valence-corrected chi connectivity index (χ1v) is 8.47. The Kier molecular flexibility index (Phi) is 5.32. The number of hydrogen-bond acceptors (Lipinski definition) is 4. The quantitative estimate of drug-likeness (QED) is 0.806. The summed E-state index contributed by atoms with van der Waals surface area (Å²) < 4.78 is 13.1. The summed E-state index contributed by atoms with van der Waals surface area (Å²) in [6.07, 6.45) is 1.45. The van der Waals surface area contributed by atoms with E-state index < -0.39 is 17.7 Å². The molecule has 0 spiro atoms. The van der Waals surface area contributed by atoms with Gasteiger partial charge >= 0.3 is 5.97 Å². The van der Waals surface area contributed by atoms with Gasteiger partial charge in [-0.1, -0.05) is 12.1 Å². The molecule has 1 aliphatic rings. The number of hydrazone groups is 1. The molecule has 7 heteroatoms. The summed E-state index contributed by atoms with van der Waals surface area (Å²) in [7, 11) is 0. The van der Waals surface area contributed by atoms with Gasteiger partial charge in [-0.25, -0.2) is 14.2 Å². The standard InChI is InChI=1S/C21H16FN3O3/c1-13-19(20(26)25(24-13)18-8-6-17(22)7-9-18)11-16(21(27)28)10-14-2-4-15(12-23)5-3-14/h2-10,19H,11H2,1H3,(H,27,28)/b16-10-. The number of carboxylic acids is 1. The van der Waals surface area contributed by atoms with Crippen LogP contribution in [0.4, 0.5) is 10.1 Å². The lowest BCUT2D eigenvalue weighted by Crippen LogP contribution is -2.28. The Labute approximate surface area is 160 Å². The van der Waals surface area contributed by atoms with Crippen LogP contribution in [0.1, 0.15) is 24.5 Å². The monoisotopic (exact) mass is 377 g/mol. The van der Waals surface area contributed by atoms with Crippen LogP contribution in [0.5, 0.6) is 0 Å². The fourth-order valence-corrected chi connectivity index (χ4v) is 2.89. The van der Waals surface area contributed by atoms with Crippen molar-refractivity contribution in [1.29, 1.82) is 5.26 Å². The van der Waals surface area contributed by atoms with Crippen molar-refractivity contribution < 1.29 is 19.1 Å². The normalized spacial score (nSPS) is 16.7. The highest BCUT2D eigenvalue weighted by Crippen LogP contribution is 2.28. The Bertz CT molecular complexity index is 1020. The van der Waals surface area contributed by atoms with Crippen molar-refractivity contribution >= 4 is 29.4 Å². The van der Waals surface area contributed by atoms with Crippen molar-refractivity contribution in [3.8, 4) is 6.07 Å². The molecule has 1 unspecified atom stereocenters. The second-order valence-corrected chi connectivity index (χ2v) is 6.33. The van der Waals surface area contributed by atoms with Gasteiger partial charge in [0, 0.05) is 11.3 Å². The molecule has 28 heavy (non-hydrogen) atoms. The van der Waals surface area contributed by atoms with Crippen molar-refractivity contribution in [3.05, 3.63) is 71.0 Å². The van der Waals surface area contributed by atoms with Crippen LogP contribution >= 0.6 is 0 Å². The van der Waals surface area contributed by atoms with Crippen LogP contribution in [0.15, 0.2) is 59.2 Å². The molecule has 1 amide bonds. The minimum Gasteiger partial charge on any atom is -0.478 e. The molecule has 0 aliphatic carbocycles. The van der Waals surface area contributed by atoms with Gasteiger partial charge in [-0.2, -0.15) is 10.4 Å². The van der Waals surface area contributed by atoms with Crippen molar-refractivity contribution in [1.82, 2.24) is 0 Å². The van der Waals surface area contributed by atoms with E-state index in [4.69, 9.17) is 5.26 Å². The lowest BCUT2D eigenvalue weighted by molar-refractivity contribution is -0.132. The molecule has 6 nitrogen and oxygen atoms in total. The van der Waals surface area contributed by atoms with E-state index in [0.29, 0.717) is 22.5 Å². The third-order valence-corrected chi connectivity index (χ3v) is 4.42. The summed E-state index contributed by atoms with van der Waals surface area (Å²) in [5, 5.41) is 23.8. The molecule has 0 radical (unpaired) electrons. The summed E-state index contributed by atoms with van der Waals surface area (Å²) in [6, 6.07) is 13.8. The first-order valence-electron chi connectivity index (χ1n) is 8.47. The van der Waals surface area contributed by atoms with Gasteiger partial charge in [0.15, 0.2) is 0 Å². The van der Waals surface area contributed by atoms with Gasteiger partial charge in [0.25, 0.3) is 5.91 Å². The number of anilines is 1. The van der Waals surface area contributed by atoms with Crippen LogP contribution < -0.4 is 5.01 Å². The van der Waals surface area contributed by atoms with Crippen LogP contribution in [-0.4, -0.2) is 22.7 Å². The average Bonchev–Trinajstić information content (AvgIpc) is 2.96. The van der Waals surface area contributed by atoms with E-state index in [2.05, 4.69) is 5.10 Å². The first kappa shape index (κ1) is 19.0. The largest absolute Gasteiger partial charge is 0.478 e. The van der Waals surface area contributed by atoms with Gasteiger partial charge in [-0.05, 0) is 61.4 Å². The summed E-state index contributed by atoms with van der Waals surface area (Å²) in [5.41, 5.74) is 2.05. The van der Waals surface area contributed by atoms with E-state index in [-0.39, 0.29) is 17.9 Å². The van der Waals surface area contributed by atoms with Gasteiger partial charge < -0.3 is 5.11 Å². The van der Waals surface area contributed by atoms with Gasteiger partial charge in [0.2, 0.25) is 0 Å². The van der Waals surface area contributed by atoms with Crippen LogP contribution in [-0.2, 0) is 9.59 Å². The van der Waals surface area contributed by atoms with E-state index in [9.17, 15) is 19.1 Å². The highest BCUT2D eigenvalue weighted by atomic mass is 19.1. The Morgan fingerprint density at radius 1 is 1.25 bits per heavy atom. The van der Waals surface area contributed by atoms with E-state index in [0.717, 1.165) is 0 Å². The highest BCUT2D eigenvalue weighted by Gasteiger charge is 2.35. The molecular weight excluding hydrogens is 361 g/mol. The second kappa shape index (κ2) is 7.84. The molecular formula is C21H16FN3O3. The topological polar surface area (TPSA) is 93.8 Å². The maximum atomic E-state index is 13.1. The second-order valence-electron chi connectivity index (χ2n) is 6.33. The molecule has 0 bridgehead atoms. The number of aliphatic carboxylic acids is 1. The number of carbonyl (C=O) groups excluding carboxylic acids is 1. The number of amides is 1. The maximum absolute atomic E-state index is 13.1. The Hall–Kier alpha value is -3.79. The van der Waals surface area contributed by atoms with Gasteiger partial charge in [-0.15, -0.1) is 0 Å². The molecule has 1 atom stereocenters. The third-order valence-electron chi connectivity index (χ3n) is 4.42. The van der Waals surface area contributed by atoms with Gasteiger partial charge in [-0.3, -0.25) is 4.79 Å². The molecule has 1 heterocycles. The molecule has 2 aromatic rings. The Balaban J connectivity index is 1.83. The molecule has 1 N–H and O–H groups in total. The number of nitriles is 1. The number of carbonyl (C=O) groups is 2. The molecule has 1 aliphatic heterocycles. The SMILES string of the molecule is CC1=NN(c2ccc(F)cc2)C(=O)C1C/C(=C/c1ccc(C#N)cc1)C(=O)O. The predicted octanol–water partition coefficient (Wildman–Crippen LogP) is 3.59.